The monoisotopic (exact) mass is 293 g/mol. The summed E-state index contributed by atoms with van der Waals surface area (Å²) in [6.07, 6.45) is 0. The smallest absolute Gasteiger partial charge is 0.305 e. The second-order valence-corrected chi connectivity index (χ2v) is 6.96. The molecule has 18 heavy (non-hydrogen) atoms. The summed E-state index contributed by atoms with van der Waals surface area (Å²) in [6.45, 7) is 3.86. The van der Waals surface area contributed by atoms with Crippen molar-refractivity contribution in [3.8, 4) is 0 Å². The maximum Gasteiger partial charge on any atom is 0.361 e. The van der Waals surface area contributed by atoms with Crippen LogP contribution in [-0.4, -0.2) is 21.6 Å². The van der Waals surface area contributed by atoms with Gasteiger partial charge in [-0.05, 0) is 38.1 Å². The maximum absolute atomic E-state index is 12.4. The standard InChI is InChI=1S/C10H16NO5PS/c1-3-15-17(12,16-4-2)9-5-7-10(8-6-9)18(11,13)14/h5-8H,3-4H2,1-2H3,(H2,11,13,14). The topological polar surface area (TPSA) is 95.7 Å². The van der Waals surface area contributed by atoms with Gasteiger partial charge in [-0.2, -0.15) is 0 Å². The number of rotatable bonds is 6. The van der Waals surface area contributed by atoms with E-state index < -0.39 is 17.6 Å². The van der Waals surface area contributed by atoms with E-state index in [4.69, 9.17) is 14.2 Å². The molecule has 1 rings (SSSR count). The molecule has 0 atom stereocenters. The first-order chi connectivity index (χ1) is 8.33. The van der Waals surface area contributed by atoms with Crippen LogP contribution >= 0.6 is 7.60 Å². The predicted octanol–water partition coefficient (Wildman–Crippen LogP) is 1.23. The summed E-state index contributed by atoms with van der Waals surface area (Å²) in [4.78, 5) is -0.0502. The maximum atomic E-state index is 12.4. The van der Waals surface area contributed by atoms with Crippen molar-refractivity contribution in [2.75, 3.05) is 13.2 Å². The molecule has 0 spiro atoms. The van der Waals surface area contributed by atoms with Gasteiger partial charge in [0.2, 0.25) is 10.0 Å². The first kappa shape index (κ1) is 15.3. The Morgan fingerprint density at radius 3 is 1.89 bits per heavy atom. The Morgan fingerprint density at radius 2 is 1.56 bits per heavy atom. The van der Waals surface area contributed by atoms with Crippen LogP contribution in [0, 0.1) is 0 Å². The number of benzene rings is 1. The fourth-order valence-electron chi connectivity index (χ4n) is 1.34. The highest BCUT2D eigenvalue weighted by molar-refractivity contribution is 7.89. The SMILES string of the molecule is CCOP(=O)(OCC)c1ccc(S(N)(=O)=O)cc1. The van der Waals surface area contributed by atoms with Crippen LogP contribution in [0.3, 0.4) is 0 Å². The Hall–Kier alpha value is -0.720. The van der Waals surface area contributed by atoms with Gasteiger partial charge in [-0.15, -0.1) is 0 Å². The number of sulfonamides is 1. The number of nitrogens with two attached hydrogens (primary N) is 1. The van der Waals surface area contributed by atoms with Crippen molar-refractivity contribution >= 4 is 22.9 Å². The van der Waals surface area contributed by atoms with Gasteiger partial charge in [0, 0.05) is 0 Å². The van der Waals surface area contributed by atoms with Crippen molar-refractivity contribution in [2.24, 2.45) is 5.14 Å². The first-order valence-electron chi connectivity index (χ1n) is 5.36. The van der Waals surface area contributed by atoms with Crippen LogP contribution in [0.2, 0.25) is 0 Å². The zero-order valence-electron chi connectivity index (χ0n) is 10.2. The van der Waals surface area contributed by atoms with E-state index in [1.54, 1.807) is 13.8 Å². The highest BCUT2D eigenvalue weighted by atomic mass is 32.2. The van der Waals surface area contributed by atoms with Gasteiger partial charge in [-0.3, -0.25) is 4.57 Å². The van der Waals surface area contributed by atoms with E-state index in [-0.39, 0.29) is 18.1 Å². The molecule has 1 aromatic rings. The van der Waals surface area contributed by atoms with Crippen molar-refractivity contribution in [1.29, 1.82) is 0 Å². The highest BCUT2D eigenvalue weighted by Crippen LogP contribution is 2.46. The van der Waals surface area contributed by atoms with E-state index in [0.717, 1.165) is 0 Å². The van der Waals surface area contributed by atoms with Crippen molar-refractivity contribution < 1.29 is 22.0 Å². The van der Waals surface area contributed by atoms with Crippen LogP contribution in [0.1, 0.15) is 13.8 Å². The predicted molar refractivity (Wildman–Crippen MR) is 68.3 cm³/mol. The van der Waals surface area contributed by atoms with Gasteiger partial charge in [-0.1, -0.05) is 0 Å². The third kappa shape index (κ3) is 3.63. The summed E-state index contributed by atoms with van der Waals surface area (Å²) >= 11 is 0. The van der Waals surface area contributed by atoms with Gasteiger partial charge in [-0.25, -0.2) is 13.6 Å². The lowest BCUT2D eigenvalue weighted by molar-refractivity contribution is 0.230. The molecule has 0 heterocycles. The van der Waals surface area contributed by atoms with E-state index in [1.165, 1.54) is 24.3 Å². The largest absolute Gasteiger partial charge is 0.361 e. The minimum Gasteiger partial charge on any atom is -0.305 e. The van der Waals surface area contributed by atoms with Gasteiger partial charge in [0.15, 0.2) is 0 Å². The average Bonchev–Trinajstić information content (AvgIpc) is 2.29. The molecule has 0 aromatic heterocycles. The number of hydrogen-bond donors (Lipinski definition) is 1. The van der Waals surface area contributed by atoms with Crippen LogP contribution in [0.25, 0.3) is 0 Å². The van der Waals surface area contributed by atoms with Crippen LogP contribution < -0.4 is 10.4 Å². The normalized spacial score (nSPS) is 12.6. The Labute approximate surface area is 107 Å². The van der Waals surface area contributed by atoms with Crippen LogP contribution in [0.4, 0.5) is 0 Å². The molecule has 0 bridgehead atoms. The van der Waals surface area contributed by atoms with Gasteiger partial charge in [0.1, 0.15) is 0 Å². The summed E-state index contributed by atoms with van der Waals surface area (Å²) in [5, 5.41) is 5.28. The van der Waals surface area contributed by atoms with Crippen LogP contribution in [0.15, 0.2) is 29.2 Å². The van der Waals surface area contributed by atoms with Gasteiger partial charge < -0.3 is 9.05 Å². The second kappa shape index (κ2) is 5.95. The molecule has 1 aromatic carbocycles. The van der Waals surface area contributed by atoms with Gasteiger partial charge in [0.05, 0.1) is 23.4 Å². The third-order valence-electron chi connectivity index (χ3n) is 2.08. The Morgan fingerprint density at radius 1 is 1.11 bits per heavy atom. The lowest BCUT2D eigenvalue weighted by Gasteiger charge is -2.17. The molecule has 0 fully saturated rings. The zero-order chi connectivity index (χ0) is 13.8. The van der Waals surface area contributed by atoms with Crippen LogP contribution in [0.5, 0.6) is 0 Å². The summed E-state index contributed by atoms with van der Waals surface area (Å²) in [5.74, 6) is 0. The molecule has 0 unspecified atom stereocenters. The lowest BCUT2D eigenvalue weighted by atomic mass is 10.4. The molecule has 0 amide bonds. The Balaban J connectivity index is 3.13. The van der Waals surface area contributed by atoms with Gasteiger partial charge in [0.25, 0.3) is 0 Å². The lowest BCUT2D eigenvalue weighted by Crippen LogP contribution is -2.15. The fourth-order valence-corrected chi connectivity index (χ4v) is 3.43. The molecule has 102 valence electrons. The Kier molecular flexibility index (Phi) is 5.07. The van der Waals surface area contributed by atoms with Crippen molar-refractivity contribution in [1.82, 2.24) is 0 Å². The molecule has 2 N–H and O–H groups in total. The zero-order valence-corrected chi connectivity index (χ0v) is 11.9. The molecule has 0 saturated heterocycles. The van der Waals surface area contributed by atoms with E-state index in [9.17, 15) is 13.0 Å². The average molecular weight is 293 g/mol. The van der Waals surface area contributed by atoms with Gasteiger partial charge >= 0.3 is 7.60 Å². The molecular formula is C10H16NO5PS. The van der Waals surface area contributed by atoms with E-state index in [1.807, 2.05) is 0 Å². The number of hydrogen-bond acceptors (Lipinski definition) is 5. The molecule has 0 aliphatic carbocycles. The quantitative estimate of drug-likeness (QED) is 0.796. The summed E-state index contributed by atoms with van der Waals surface area (Å²) < 4.78 is 44.8. The van der Waals surface area contributed by atoms with E-state index >= 15 is 0 Å². The highest BCUT2D eigenvalue weighted by Gasteiger charge is 2.26. The summed E-state index contributed by atoms with van der Waals surface area (Å²) in [7, 11) is -7.14. The fraction of sp³-hybridized carbons (Fsp3) is 0.400. The molecule has 0 radical (unpaired) electrons. The van der Waals surface area contributed by atoms with Crippen molar-refractivity contribution in [3.05, 3.63) is 24.3 Å². The molecule has 0 saturated carbocycles. The molecule has 6 nitrogen and oxygen atoms in total. The molecule has 8 heteroatoms. The minimum atomic E-state index is -3.76. The Bertz CT molecular complexity index is 530. The number of primary sulfonamides is 1. The van der Waals surface area contributed by atoms with Crippen molar-refractivity contribution in [3.63, 3.8) is 0 Å². The van der Waals surface area contributed by atoms with Crippen molar-refractivity contribution in [2.45, 2.75) is 18.7 Å². The third-order valence-corrected chi connectivity index (χ3v) is 5.14. The molecule has 0 aliphatic rings. The second-order valence-electron chi connectivity index (χ2n) is 3.37. The minimum absolute atomic E-state index is 0.0502. The molecule has 0 aliphatic heterocycles. The summed E-state index contributed by atoms with van der Waals surface area (Å²) in [5.41, 5.74) is 0. The summed E-state index contributed by atoms with van der Waals surface area (Å²) in [6, 6.07) is 5.31. The molecular weight excluding hydrogens is 277 g/mol. The van der Waals surface area contributed by atoms with Crippen LogP contribution in [-0.2, 0) is 23.6 Å². The van der Waals surface area contributed by atoms with E-state index in [0.29, 0.717) is 5.30 Å². The first-order valence-corrected chi connectivity index (χ1v) is 8.45. The van der Waals surface area contributed by atoms with E-state index in [2.05, 4.69) is 0 Å².